The maximum absolute atomic E-state index is 13.4. The van der Waals surface area contributed by atoms with Crippen molar-refractivity contribution in [2.45, 2.75) is 49.8 Å². The van der Waals surface area contributed by atoms with Crippen LogP contribution < -0.4 is 5.73 Å². The van der Waals surface area contributed by atoms with Crippen LogP contribution in [0.5, 0.6) is 0 Å². The highest BCUT2D eigenvalue weighted by molar-refractivity contribution is 5.64. The van der Waals surface area contributed by atoms with Crippen LogP contribution in [0, 0.1) is 17.1 Å². The molecule has 2 N–H and O–H groups in total. The number of amides is 1. The van der Waals surface area contributed by atoms with E-state index in [9.17, 15) is 14.4 Å². The molecule has 1 saturated heterocycles. The monoisotopic (exact) mass is 397 g/mol. The van der Waals surface area contributed by atoms with Gasteiger partial charge >= 0.3 is 6.09 Å². The zero-order chi connectivity index (χ0) is 20.4. The van der Waals surface area contributed by atoms with E-state index in [4.69, 9.17) is 10.5 Å². The Morgan fingerprint density at radius 3 is 2.72 bits per heavy atom. The molecule has 1 aliphatic carbocycles. The summed E-state index contributed by atoms with van der Waals surface area (Å²) in [6, 6.07) is 9.08. The number of rotatable bonds is 4. The Hall–Kier alpha value is -2.92. The molecule has 8 heteroatoms. The maximum atomic E-state index is 13.4. The Bertz CT molecular complexity index is 907. The zero-order valence-electron chi connectivity index (χ0n) is 16.1. The molecule has 1 saturated carbocycles. The van der Waals surface area contributed by atoms with Gasteiger partial charge in [0.1, 0.15) is 18.0 Å². The van der Waals surface area contributed by atoms with Crippen LogP contribution in [0.15, 0.2) is 36.7 Å². The van der Waals surface area contributed by atoms with Gasteiger partial charge in [-0.1, -0.05) is 12.1 Å². The lowest BCUT2D eigenvalue weighted by molar-refractivity contribution is 0.0225. The lowest BCUT2D eigenvalue weighted by Gasteiger charge is -2.38. The predicted molar refractivity (Wildman–Crippen MR) is 103 cm³/mol. The number of nitrogens with two attached hydrogens (primary N) is 1. The van der Waals surface area contributed by atoms with Crippen molar-refractivity contribution in [3.63, 3.8) is 0 Å². The lowest BCUT2D eigenvalue weighted by Crippen LogP contribution is -2.48. The third-order valence-electron chi connectivity index (χ3n) is 6.07. The summed E-state index contributed by atoms with van der Waals surface area (Å²) in [5.74, 6) is 0.0193. The van der Waals surface area contributed by atoms with E-state index < -0.39 is 6.09 Å². The average molecular weight is 397 g/mol. The molecule has 0 spiro atoms. The molecule has 1 aromatic heterocycles. The molecule has 2 fully saturated rings. The third kappa shape index (κ3) is 4.25. The highest BCUT2D eigenvalue weighted by Crippen LogP contribution is 2.44. The molecule has 1 aliphatic heterocycles. The molecule has 0 radical (unpaired) electrons. The van der Waals surface area contributed by atoms with Gasteiger partial charge in [-0.3, -0.25) is 9.58 Å². The van der Waals surface area contributed by atoms with Gasteiger partial charge in [-0.2, -0.15) is 10.4 Å². The summed E-state index contributed by atoms with van der Waals surface area (Å²) in [5.41, 5.74) is 6.85. The van der Waals surface area contributed by atoms with Crippen molar-refractivity contribution in [2.24, 2.45) is 5.73 Å². The normalized spacial score (nSPS) is 27.4. The van der Waals surface area contributed by atoms with Crippen LogP contribution >= 0.6 is 0 Å². The van der Waals surface area contributed by atoms with Crippen molar-refractivity contribution in [3.05, 3.63) is 53.6 Å². The molecular weight excluding hydrogens is 373 g/mol. The molecule has 4 atom stereocenters. The molecule has 4 unspecified atom stereocenters. The maximum Gasteiger partial charge on any atom is 0.404 e. The summed E-state index contributed by atoms with van der Waals surface area (Å²) in [7, 11) is 0. The average Bonchev–Trinajstić information content (AvgIpc) is 3.35. The summed E-state index contributed by atoms with van der Waals surface area (Å²) in [4.78, 5) is 13.5. The Morgan fingerprint density at radius 2 is 2.03 bits per heavy atom. The van der Waals surface area contributed by atoms with Crippen LogP contribution in [0.3, 0.4) is 0 Å². The van der Waals surface area contributed by atoms with Gasteiger partial charge in [0.2, 0.25) is 0 Å². The number of carbonyl (C=O) groups is 1. The molecule has 2 aromatic rings. The summed E-state index contributed by atoms with van der Waals surface area (Å²) >= 11 is 0. The number of nitriles is 1. The van der Waals surface area contributed by atoms with E-state index in [1.54, 1.807) is 12.4 Å². The Morgan fingerprint density at radius 1 is 1.28 bits per heavy atom. The summed E-state index contributed by atoms with van der Waals surface area (Å²) < 4.78 is 20.5. The van der Waals surface area contributed by atoms with Crippen molar-refractivity contribution in [2.75, 3.05) is 13.1 Å². The Labute approximate surface area is 168 Å². The second-order valence-corrected chi connectivity index (χ2v) is 7.87. The Kier molecular flexibility index (Phi) is 5.49. The van der Waals surface area contributed by atoms with Crippen molar-refractivity contribution in [3.8, 4) is 6.07 Å². The number of ether oxygens (including phenoxy) is 1. The number of likely N-dealkylation sites (tertiary alicyclic amines) is 1. The molecule has 1 aromatic carbocycles. The van der Waals surface area contributed by atoms with Gasteiger partial charge in [0, 0.05) is 18.8 Å². The van der Waals surface area contributed by atoms with Gasteiger partial charge in [-0.25, -0.2) is 9.18 Å². The first-order valence-corrected chi connectivity index (χ1v) is 9.93. The highest BCUT2D eigenvalue weighted by Gasteiger charge is 2.41. The number of carbonyl (C=O) groups excluding carboxylic acids is 1. The van der Waals surface area contributed by atoms with E-state index in [0.717, 1.165) is 37.8 Å². The molecule has 0 bridgehead atoms. The fraction of sp³-hybridized carbons (Fsp3) is 0.476. The fourth-order valence-corrected chi connectivity index (χ4v) is 4.78. The first-order valence-electron chi connectivity index (χ1n) is 9.93. The van der Waals surface area contributed by atoms with Gasteiger partial charge in [-0.05, 0) is 55.8 Å². The van der Waals surface area contributed by atoms with Crippen molar-refractivity contribution >= 4 is 6.09 Å². The SMILES string of the molecule is N#Cc1cnn(C2CC(c3ccc(F)cc3)CC2N2CCCC(OC(N)=O)C2)c1. The topological polar surface area (TPSA) is 97.2 Å². The predicted octanol–water partition coefficient (Wildman–Crippen LogP) is 2.94. The van der Waals surface area contributed by atoms with Crippen LogP contribution in [-0.2, 0) is 4.74 Å². The van der Waals surface area contributed by atoms with Gasteiger partial charge in [-0.15, -0.1) is 0 Å². The van der Waals surface area contributed by atoms with Gasteiger partial charge < -0.3 is 10.5 Å². The molecule has 29 heavy (non-hydrogen) atoms. The van der Waals surface area contributed by atoms with E-state index in [-0.39, 0.29) is 29.9 Å². The van der Waals surface area contributed by atoms with Gasteiger partial charge in [0.15, 0.2) is 0 Å². The summed E-state index contributed by atoms with van der Waals surface area (Å²) in [6.07, 6.45) is 5.88. The molecule has 7 nitrogen and oxygen atoms in total. The number of hydrogen-bond donors (Lipinski definition) is 1. The number of benzene rings is 1. The summed E-state index contributed by atoms with van der Waals surface area (Å²) in [5, 5.41) is 13.6. The van der Waals surface area contributed by atoms with Gasteiger partial charge in [0.05, 0.1) is 17.8 Å². The van der Waals surface area contributed by atoms with Crippen LogP contribution in [0.2, 0.25) is 0 Å². The van der Waals surface area contributed by atoms with Crippen molar-refractivity contribution in [1.29, 1.82) is 5.26 Å². The number of hydrogen-bond acceptors (Lipinski definition) is 5. The Balaban J connectivity index is 1.58. The van der Waals surface area contributed by atoms with Crippen LogP contribution in [-0.4, -0.2) is 46.0 Å². The second kappa shape index (κ2) is 8.21. The molecule has 4 rings (SSSR count). The quantitative estimate of drug-likeness (QED) is 0.855. The van der Waals surface area contributed by atoms with E-state index in [0.29, 0.717) is 12.1 Å². The fourth-order valence-electron chi connectivity index (χ4n) is 4.78. The van der Waals surface area contributed by atoms with Crippen molar-refractivity contribution < 1.29 is 13.9 Å². The largest absolute Gasteiger partial charge is 0.445 e. The van der Waals surface area contributed by atoms with Crippen molar-refractivity contribution in [1.82, 2.24) is 14.7 Å². The zero-order valence-corrected chi connectivity index (χ0v) is 16.1. The number of nitrogens with zero attached hydrogens (tertiary/aromatic N) is 4. The van der Waals surface area contributed by atoms with E-state index >= 15 is 0 Å². The number of aromatic nitrogens is 2. The van der Waals surface area contributed by atoms with E-state index in [1.807, 2.05) is 16.8 Å². The summed E-state index contributed by atoms with van der Waals surface area (Å²) in [6.45, 7) is 1.54. The van der Waals surface area contributed by atoms with Crippen LogP contribution in [0.1, 0.15) is 48.8 Å². The molecule has 1 amide bonds. The number of primary amides is 1. The van der Waals surface area contributed by atoms with Gasteiger partial charge in [0.25, 0.3) is 0 Å². The van der Waals surface area contributed by atoms with E-state index in [2.05, 4.69) is 16.1 Å². The standard InChI is InChI=1S/C21H24FN5O2/c22-17-5-3-15(4-6-17)16-8-19(20(9-16)27-12-14(10-23)11-25-27)26-7-1-2-18(13-26)29-21(24)28/h3-6,11-12,16,18-20H,1-2,7-9,13H2,(H2,24,28). The first-order chi connectivity index (χ1) is 14.0. The minimum absolute atomic E-state index is 0.0829. The highest BCUT2D eigenvalue weighted by atomic mass is 19.1. The third-order valence-corrected chi connectivity index (χ3v) is 6.07. The molecule has 2 heterocycles. The lowest BCUT2D eigenvalue weighted by atomic mass is 9.97. The molecule has 152 valence electrons. The van der Waals surface area contributed by atoms with Crippen LogP contribution in [0.25, 0.3) is 0 Å². The minimum Gasteiger partial charge on any atom is -0.445 e. The van der Waals surface area contributed by atoms with E-state index in [1.165, 1.54) is 12.1 Å². The first kappa shape index (κ1) is 19.4. The minimum atomic E-state index is -0.741. The smallest absolute Gasteiger partial charge is 0.404 e. The molecular formula is C21H24FN5O2. The number of piperidine rings is 1. The second-order valence-electron chi connectivity index (χ2n) is 7.87. The number of halogens is 1. The molecule has 2 aliphatic rings. The van der Waals surface area contributed by atoms with Crippen LogP contribution in [0.4, 0.5) is 9.18 Å².